The molecule has 0 fully saturated rings. The molecule has 0 bridgehead atoms. The molecule has 1 aliphatic heterocycles. The summed E-state index contributed by atoms with van der Waals surface area (Å²) in [5.74, 6) is 0.0180. The molecule has 3 aromatic rings. The Bertz CT molecular complexity index is 1510. The first kappa shape index (κ1) is 30.4. The summed E-state index contributed by atoms with van der Waals surface area (Å²) in [6.45, 7) is 5.22. The maximum absolute atomic E-state index is 14.2. The third-order valence-electron chi connectivity index (χ3n) is 6.33. The first-order valence-corrected chi connectivity index (χ1v) is 15.7. The van der Waals surface area contributed by atoms with Crippen LogP contribution in [-0.4, -0.2) is 56.3 Å². The zero-order chi connectivity index (χ0) is 29.8. The number of nitrogens with zero attached hydrogens (tertiary/aromatic N) is 2. The van der Waals surface area contributed by atoms with Gasteiger partial charge in [0.2, 0.25) is 28.6 Å². The number of sulfonamides is 1. The van der Waals surface area contributed by atoms with Crippen molar-refractivity contribution in [2.75, 3.05) is 23.9 Å². The van der Waals surface area contributed by atoms with Crippen molar-refractivity contribution in [2.45, 2.75) is 45.3 Å². The summed E-state index contributed by atoms with van der Waals surface area (Å²) in [6, 6.07) is 20.7. The summed E-state index contributed by atoms with van der Waals surface area (Å²) in [7, 11) is -3.90. The molecule has 0 radical (unpaired) electrons. The third-order valence-corrected chi connectivity index (χ3v) is 7.97. The van der Waals surface area contributed by atoms with Crippen molar-refractivity contribution in [3.8, 4) is 11.5 Å². The molecular weight excluding hydrogens is 610 g/mol. The molecule has 0 saturated heterocycles. The van der Waals surface area contributed by atoms with Crippen LogP contribution in [0.5, 0.6) is 11.5 Å². The molecule has 0 spiro atoms. The highest BCUT2D eigenvalue weighted by Gasteiger charge is 2.34. The van der Waals surface area contributed by atoms with E-state index in [2.05, 4.69) is 21.2 Å². The number of hydrogen-bond acceptors (Lipinski definition) is 6. The van der Waals surface area contributed by atoms with Gasteiger partial charge in [0, 0.05) is 29.0 Å². The lowest BCUT2D eigenvalue weighted by Crippen LogP contribution is -2.56. The summed E-state index contributed by atoms with van der Waals surface area (Å²) < 4.78 is 38.6. The van der Waals surface area contributed by atoms with Crippen LogP contribution in [0.25, 0.3) is 0 Å². The Labute approximate surface area is 249 Å². The van der Waals surface area contributed by atoms with Crippen molar-refractivity contribution >= 4 is 43.5 Å². The maximum atomic E-state index is 14.2. The lowest BCUT2D eigenvalue weighted by Gasteiger charge is -2.35. The van der Waals surface area contributed by atoms with Gasteiger partial charge in [-0.1, -0.05) is 58.4 Å². The van der Waals surface area contributed by atoms with E-state index in [9.17, 15) is 18.0 Å². The van der Waals surface area contributed by atoms with Crippen molar-refractivity contribution in [1.29, 1.82) is 0 Å². The number of halogens is 1. The Hall–Kier alpha value is -3.57. The van der Waals surface area contributed by atoms with E-state index in [1.54, 1.807) is 12.1 Å². The second-order valence-electron chi connectivity index (χ2n) is 10.9. The Morgan fingerprint density at radius 3 is 2.29 bits per heavy atom. The molecule has 11 heteroatoms. The second kappa shape index (κ2) is 12.5. The number of anilines is 1. The van der Waals surface area contributed by atoms with Crippen molar-refractivity contribution in [1.82, 2.24) is 10.2 Å². The molecule has 218 valence electrons. The van der Waals surface area contributed by atoms with Crippen LogP contribution < -0.4 is 19.1 Å². The Balaban J connectivity index is 1.74. The zero-order valence-corrected chi connectivity index (χ0v) is 25.9. The van der Waals surface area contributed by atoms with Gasteiger partial charge >= 0.3 is 0 Å². The summed E-state index contributed by atoms with van der Waals surface area (Å²) in [5.41, 5.74) is 1.35. The number of benzene rings is 3. The predicted octanol–water partition coefficient (Wildman–Crippen LogP) is 4.50. The predicted molar refractivity (Wildman–Crippen MR) is 161 cm³/mol. The molecule has 4 rings (SSSR count). The third kappa shape index (κ3) is 8.23. The minimum absolute atomic E-state index is 0.0288. The fourth-order valence-corrected chi connectivity index (χ4v) is 5.78. The molecule has 1 aliphatic rings. The van der Waals surface area contributed by atoms with E-state index in [-0.39, 0.29) is 31.4 Å². The lowest BCUT2D eigenvalue weighted by molar-refractivity contribution is -0.140. The molecule has 1 N–H and O–H groups in total. The smallest absolute Gasteiger partial charge is 0.244 e. The molecule has 9 nitrogen and oxygen atoms in total. The molecule has 0 saturated carbocycles. The number of amides is 2. The van der Waals surface area contributed by atoms with E-state index in [0.29, 0.717) is 11.5 Å². The highest BCUT2D eigenvalue weighted by Crippen LogP contribution is 2.36. The number of nitrogens with one attached hydrogen (secondary N) is 1. The van der Waals surface area contributed by atoms with Gasteiger partial charge < -0.3 is 19.7 Å². The van der Waals surface area contributed by atoms with Gasteiger partial charge in [-0.25, -0.2) is 8.42 Å². The van der Waals surface area contributed by atoms with E-state index in [1.807, 2.05) is 75.4 Å². The van der Waals surface area contributed by atoms with Crippen LogP contribution >= 0.6 is 15.9 Å². The van der Waals surface area contributed by atoms with Crippen LogP contribution in [0, 0.1) is 0 Å². The van der Waals surface area contributed by atoms with E-state index >= 15 is 0 Å². The van der Waals surface area contributed by atoms with Crippen LogP contribution in [0.3, 0.4) is 0 Å². The quantitative estimate of drug-likeness (QED) is 0.349. The highest BCUT2D eigenvalue weighted by molar-refractivity contribution is 9.10. The number of carbonyl (C=O) groups is 2. The van der Waals surface area contributed by atoms with Crippen molar-refractivity contribution in [2.24, 2.45) is 0 Å². The zero-order valence-electron chi connectivity index (χ0n) is 23.5. The second-order valence-corrected chi connectivity index (χ2v) is 13.7. The minimum atomic E-state index is -3.90. The van der Waals surface area contributed by atoms with Gasteiger partial charge in [0.25, 0.3) is 0 Å². The monoisotopic (exact) mass is 643 g/mol. The van der Waals surface area contributed by atoms with Crippen LogP contribution in [0.2, 0.25) is 0 Å². The Morgan fingerprint density at radius 1 is 0.951 bits per heavy atom. The topological polar surface area (TPSA) is 105 Å². The summed E-state index contributed by atoms with van der Waals surface area (Å²) >= 11 is 3.48. The van der Waals surface area contributed by atoms with Crippen LogP contribution in [0.1, 0.15) is 31.9 Å². The Kier molecular flexibility index (Phi) is 9.28. The number of ether oxygens (including phenoxy) is 2. The van der Waals surface area contributed by atoms with E-state index in [4.69, 9.17) is 9.47 Å². The van der Waals surface area contributed by atoms with Crippen LogP contribution in [0.15, 0.2) is 77.3 Å². The average molecular weight is 645 g/mol. The number of carbonyl (C=O) groups excluding carboxylic acids is 2. The molecule has 1 heterocycles. The Morgan fingerprint density at radius 2 is 1.63 bits per heavy atom. The first-order chi connectivity index (χ1) is 19.3. The van der Waals surface area contributed by atoms with Crippen LogP contribution in [0.4, 0.5) is 5.69 Å². The first-order valence-electron chi connectivity index (χ1n) is 13.1. The van der Waals surface area contributed by atoms with Gasteiger partial charge in [0.1, 0.15) is 12.6 Å². The molecule has 1 atom stereocenters. The van der Waals surface area contributed by atoms with E-state index < -0.39 is 34.1 Å². The van der Waals surface area contributed by atoms with E-state index in [0.717, 1.165) is 26.2 Å². The van der Waals surface area contributed by atoms with Gasteiger partial charge in [-0.3, -0.25) is 13.9 Å². The number of fused-ring (bicyclic) bond motifs is 1. The SMILES string of the molecule is CC(C)(C)NC(=O)[C@H](Cc1ccccc1)N(Cc1cccc(Br)c1)C(=O)CN(c1ccc2c(c1)OCO2)S(C)(=O)=O. The fraction of sp³-hybridized carbons (Fsp3) is 0.333. The molecule has 41 heavy (non-hydrogen) atoms. The molecule has 0 unspecified atom stereocenters. The highest BCUT2D eigenvalue weighted by atomic mass is 79.9. The fourth-order valence-electron chi connectivity index (χ4n) is 4.49. The normalized spacial score (nSPS) is 13.4. The molecular formula is C30H34BrN3O6S. The molecule has 0 aromatic heterocycles. The minimum Gasteiger partial charge on any atom is -0.454 e. The van der Waals surface area contributed by atoms with Gasteiger partial charge in [-0.2, -0.15) is 0 Å². The number of hydrogen-bond donors (Lipinski definition) is 1. The summed E-state index contributed by atoms with van der Waals surface area (Å²) in [5, 5.41) is 3.01. The van der Waals surface area contributed by atoms with Gasteiger partial charge in [0.05, 0.1) is 11.9 Å². The van der Waals surface area contributed by atoms with Gasteiger partial charge in [0.15, 0.2) is 11.5 Å². The lowest BCUT2D eigenvalue weighted by atomic mass is 10.0. The van der Waals surface area contributed by atoms with Gasteiger partial charge in [-0.05, 0) is 56.2 Å². The standard InChI is InChI=1S/C30H34BrN3O6S/c1-30(2,3)32-29(36)25(16-21-9-6-5-7-10-21)33(18-22-11-8-12-23(31)15-22)28(35)19-34(41(4,37)38)24-13-14-26-27(17-24)40-20-39-26/h5-15,17,25H,16,18-20H2,1-4H3,(H,32,36)/t25-/m0/s1. The molecule has 0 aliphatic carbocycles. The van der Waals surface area contributed by atoms with Crippen molar-refractivity contribution < 1.29 is 27.5 Å². The molecule has 3 aromatic carbocycles. The largest absolute Gasteiger partial charge is 0.454 e. The number of rotatable bonds is 10. The van der Waals surface area contributed by atoms with E-state index in [1.165, 1.54) is 11.0 Å². The van der Waals surface area contributed by atoms with Gasteiger partial charge in [-0.15, -0.1) is 0 Å². The molecule has 2 amide bonds. The van der Waals surface area contributed by atoms with Crippen molar-refractivity contribution in [3.05, 3.63) is 88.4 Å². The van der Waals surface area contributed by atoms with Crippen molar-refractivity contribution in [3.63, 3.8) is 0 Å². The van der Waals surface area contributed by atoms with Crippen LogP contribution in [-0.2, 0) is 32.6 Å². The maximum Gasteiger partial charge on any atom is 0.244 e. The average Bonchev–Trinajstić information content (AvgIpc) is 3.36. The summed E-state index contributed by atoms with van der Waals surface area (Å²) in [6.07, 6.45) is 1.28. The summed E-state index contributed by atoms with van der Waals surface area (Å²) in [4.78, 5) is 29.4.